The summed E-state index contributed by atoms with van der Waals surface area (Å²) in [6, 6.07) is -0.535. The van der Waals surface area contributed by atoms with Gasteiger partial charge in [-0.25, -0.2) is 0 Å². The minimum atomic E-state index is -0.932. The van der Waals surface area contributed by atoms with E-state index in [9.17, 15) is 9.59 Å². The van der Waals surface area contributed by atoms with Crippen molar-refractivity contribution in [2.45, 2.75) is 12.5 Å². The van der Waals surface area contributed by atoms with Crippen LogP contribution in [0.3, 0.4) is 0 Å². The number of aliphatic carboxylic acids is 1. The Morgan fingerprint density at radius 1 is 1.32 bits per heavy atom. The average molecular weight is 271 g/mol. The van der Waals surface area contributed by atoms with Gasteiger partial charge in [0.2, 0.25) is 5.91 Å². The Morgan fingerprint density at radius 3 is 2.74 bits per heavy atom. The summed E-state index contributed by atoms with van der Waals surface area (Å²) < 4.78 is 5.29. The molecule has 0 aromatic heterocycles. The number of amides is 1. The van der Waals surface area contributed by atoms with Crippen molar-refractivity contribution in [2.75, 3.05) is 52.5 Å². The number of hydrogen-bond donors (Lipinski definition) is 2. The molecule has 0 aromatic rings. The van der Waals surface area contributed by atoms with Gasteiger partial charge in [0.15, 0.2) is 0 Å². The molecule has 2 saturated heterocycles. The Morgan fingerprint density at radius 2 is 2.05 bits per heavy atom. The molecule has 2 aliphatic rings. The molecule has 7 nitrogen and oxygen atoms in total. The number of nitrogens with one attached hydrogen (secondary N) is 1. The van der Waals surface area contributed by atoms with Gasteiger partial charge >= 0.3 is 5.97 Å². The van der Waals surface area contributed by atoms with Crippen LogP contribution in [0.1, 0.15) is 6.42 Å². The van der Waals surface area contributed by atoms with Crippen LogP contribution in [0.15, 0.2) is 0 Å². The number of hydrogen-bond acceptors (Lipinski definition) is 5. The molecule has 0 bridgehead atoms. The first-order valence-corrected chi connectivity index (χ1v) is 6.70. The summed E-state index contributed by atoms with van der Waals surface area (Å²) in [6.07, 6.45) is -0.130. The van der Waals surface area contributed by atoms with E-state index in [0.29, 0.717) is 13.1 Å². The molecule has 2 fully saturated rings. The van der Waals surface area contributed by atoms with Gasteiger partial charge in [-0.2, -0.15) is 0 Å². The molecule has 2 heterocycles. The molecule has 2 N–H and O–H groups in total. The minimum Gasteiger partial charge on any atom is -0.481 e. The average Bonchev–Trinajstić information content (AvgIpc) is 2.40. The number of rotatable bonds is 5. The van der Waals surface area contributed by atoms with E-state index in [-0.39, 0.29) is 12.3 Å². The molecule has 2 rings (SSSR count). The third-order valence-electron chi connectivity index (χ3n) is 3.62. The minimum absolute atomic E-state index is 0.130. The quantitative estimate of drug-likeness (QED) is 0.639. The first-order chi connectivity index (χ1) is 9.16. The van der Waals surface area contributed by atoms with Gasteiger partial charge in [0, 0.05) is 39.3 Å². The Balaban J connectivity index is 1.84. The van der Waals surface area contributed by atoms with Gasteiger partial charge in [0.05, 0.1) is 25.7 Å². The van der Waals surface area contributed by atoms with Crippen LogP contribution in [0.4, 0.5) is 0 Å². The van der Waals surface area contributed by atoms with E-state index in [1.165, 1.54) is 0 Å². The highest BCUT2D eigenvalue weighted by Crippen LogP contribution is 2.09. The van der Waals surface area contributed by atoms with Crippen molar-refractivity contribution in [2.24, 2.45) is 0 Å². The van der Waals surface area contributed by atoms with Gasteiger partial charge in [-0.15, -0.1) is 0 Å². The monoisotopic (exact) mass is 271 g/mol. The molecule has 7 heteroatoms. The third kappa shape index (κ3) is 4.15. The maximum absolute atomic E-state index is 11.7. The van der Waals surface area contributed by atoms with Gasteiger partial charge in [-0.05, 0) is 0 Å². The highest BCUT2D eigenvalue weighted by atomic mass is 16.5. The second-order valence-corrected chi connectivity index (χ2v) is 4.89. The SMILES string of the molecule is O=C(O)CC1C(=O)NCCN1CCN1CCOCC1. The summed E-state index contributed by atoms with van der Waals surface area (Å²) in [5.74, 6) is -1.10. The second kappa shape index (κ2) is 6.83. The van der Waals surface area contributed by atoms with Crippen LogP contribution in [-0.2, 0) is 14.3 Å². The Labute approximate surface area is 112 Å². The zero-order chi connectivity index (χ0) is 13.7. The predicted molar refractivity (Wildman–Crippen MR) is 67.9 cm³/mol. The van der Waals surface area contributed by atoms with Crippen LogP contribution in [0.25, 0.3) is 0 Å². The lowest BCUT2D eigenvalue weighted by molar-refractivity contribution is -0.143. The lowest BCUT2D eigenvalue weighted by atomic mass is 10.1. The number of carboxylic acid groups (broad SMARTS) is 1. The molecule has 2 aliphatic heterocycles. The molecule has 0 saturated carbocycles. The fraction of sp³-hybridized carbons (Fsp3) is 0.833. The number of carboxylic acids is 1. The molecule has 0 spiro atoms. The summed E-state index contributed by atoms with van der Waals surface area (Å²) in [7, 11) is 0. The maximum Gasteiger partial charge on any atom is 0.305 e. The van der Waals surface area contributed by atoms with Crippen LogP contribution < -0.4 is 5.32 Å². The zero-order valence-electron chi connectivity index (χ0n) is 11.0. The molecule has 1 amide bonds. The first-order valence-electron chi connectivity index (χ1n) is 6.70. The molecule has 19 heavy (non-hydrogen) atoms. The molecule has 1 atom stereocenters. The van der Waals surface area contributed by atoms with E-state index in [2.05, 4.69) is 10.2 Å². The Hall–Kier alpha value is -1.18. The Bertz CT molecular complexity index is 331. The van der Waals surface area contributed by atoms with Crippen LogP contribution >= 0.6 is 0 Å². The number of piperazine rings is 1. The Kier molecular flexibility index (Phi) is 5.12. The summed E-state index contributed by atoms with van der Waals surface area (Å²) in [6.45, 7) is 6.20. The zero-order valence-corrected chi connectivity index (χ0v) is 11.0. The lowest BCUT2D eigenvalue weighted by Crippen LogP contribution is -2.57. The molecular formula is C12H21N3O4. The normalized spacial score (nSPS) is 26.1. The fourth-order valence-corrected chi connectivity index (χ4v) is 2.51. The number of carbonyl (C=O) groups excluding carboxylic acids is 1. The second-order valence-electron chi connectivity index (χ2n) is 4.89. The van der Waals surface area contributed by atoms with Crippen molar-refractivity contribution >= 4 is 11.9 Å². The standard InChI is InChI=1S/C12H21N3O4/c16-11(17)9-10-12(18)13-1-2-15(10)4-3-14-5-7-19-8-6-14/h10H,1-9H2,(H,13,18)(H,16,17). The number of carbonyl (C=O) groups is 2. The summed E-state index contributed by atoms with van der Waals surface area (Å²) >= 11 is 0. The smallest absolute Gasteiger partial charge is 0.305 e. The van der Waals surface area contributed by atoms with E-state index in [0.717, 1.165) is 39.4 Å². The van der Waals surface area contributed by atoms with Crippen molar-refractivity contribution in [3.05, 3.63) is 0 Å². The van der Waals surface area contributed by atoms with Crippen LogP contribution in [0.2, 0.25) is 0 Å². The van der Waals surface area contributed by atoms with Gasteiger partial charge < -0.3 is 15.2 Å². The lowest BCUT2D eigenvalue weighted by Gasteiger charge is -2.36. The molecule has 0 radical (unpaired) electrons. The van der Waals surface area contributed by atoms with E-state index in [1.807, 2.05) is 4.90 Å². The molecular weight excluding hydrogens is 250 g/mol. The highest BCUT2D eigenvalue weighted by molar-refractivity contribution is 5.86. The number of ether oxygens (including phenoxy) is 1. The van der Waals surface area contributed by atoms with Gasteiger partial charge in [0.1, 0.15) is 0 Å². The van der Waals surface area contributed by atoms with Gasteiger partial charge in [0.25, 0.3) is 0 Å². The fourth-order valence-electron chi connectivity index (χ4n) is 2.51. The van der Waals surface area contributed by atoms with E-state index < -0.39 is 12.0 Å². The number of nitrogens with zero attached hydrogens (tertiary/aromatic N) is 2. The first kappa shape index (κ1) is 14.2. The molecule has 0 aromatic carbocycles. The predicted octanol–water partition coefficient (Wildman–Crippen LogP) is -1.41. The highest BCUT2D eigenvalue weighted by Gasteiger charge is 2.31. The van der Waals surface area contributed by atoms with Crippen molar-refractivity contribution < 1.29 is 19.4 Å². The van der Waals surface area contributed by atoms with Crippen molar-refractivity contribution in [3.63, 3.8) is 0 Å². The molecule has 108 valence electrons. The summed E-state index contributed by atoms with van der Waals surface area (Å²) in [5, 5.41) is 11.6. The van der Waals surface area contributed by atoms with Crippen molar-refractivity contribution in [3.8, 4) is 0 Å². The topological polar surface area (TPSA) is 82.1 Å². The summed E-state index contributed by atoms with van der Waals surface area (Å²) in [4.78, 5) is 26.8. The largest absolute Gasteiger partial charge is 0.481 e. The van der Waals surface area contributed by atoms with Crippen LogP contribution in [0, 0.1) is 0 Å². The van der Waals surface area contributed by atoms with Gasteiger partial charge in [-0.3, -0.25) is 19.4 Å². The number of morpholine rings is 1. The van der Waals surface area contributed by atoms with Crippen LogP contribution in [-0.4, -0.2) is 85.3 Å². The van der Waals surface area contributed by atoms with Crippen LogP contribution in [0.5, 0.6) is 0 Å². The third-order valence-corrected chi connectivity index (χ3v) is 3.62. The molecule has 1 unspecified atom stereocenters. The van der Waals surface area contributed by atoms with E-state index >= 15 is 0 Å². The van der Waals surface area contributed by atoms with Crippen molar-refractivity contribution in [1.82, 2.24) is 15.1 Å². The van der Waals surface area contributed by atoms with Crippen molar-refractivity contribution in [1.29, 1.82) is 0 Å². The van der Waals surface area contributed by atoms with Gasteiger partial charge in [-0.1, -0.05) is 0 Å². The van der Waals surface area contributed by atoms with E-state index in [1.54, 1.807) is 0 Å². The molecule has 0 aliphatic carbocycles. The maximum atomic E-state index is 11.7. The summed E-state index contributed by atoms with van der Waals surface area (Å²) in [5.41, 5.74) is 0. The van der Waals surface area contributed by atoms with E-state index in [4.69, 9.17) is 9.84 Å².